The second-order valence-electron chi connectivity index (χ2n) is 4.82. The van der Waals surface area contributed by atoms with Crippen LogP contribution >= 0.6 is 23.4 Å². The molecule has 1 unspecified atom stereocenters. The Balaban J connectivity index is 2.57. The lowest BCUT2D eigenvalue weighted by molar-refractivity contribution is -0.387. The number of halogens is 1. The van der Waals surface area contributed by atoms with Crippen molar-refractivity contribution in [3.8, 4) is 0 Å². The topological polar surface area (TPSA) is 80.4 Å². The van der Waals surface area contributed by atoms with Crippen LogP contribution in [0.1, 0.15) is 18.9 Å². The maximum atomic E-state index is 12.0. The number of rotatable bonds is 6. The number of carboxylic acids is 1. The van der Waals surface area contributed by atoms with Gasteiger partial charge in [-0.2, -0.15) is 0 Å². The van der Waals surface area contributed by atoms with E-state index < -0.39 is 15.6 Å². The fraction of sp³-hybridized carbons (Fsp3) is 0.188. The van der Waals surface area contributed by atoms with Gasteiger partial charge in [-0.15, -0.1) is 0 Å². The Morgan fingerprint density at radius 2 is 1.96 bits per heavy atom. The van der Waals surface area contributed by atoms with Crippen molar-refractivity contribution in [2.24, 2.45) is 0 Å². The molecule has 0 aliphatic heterocycles. The largest absolute Gasteiger partial charge is 0.480 e. The van der Waals surface area contributed by atoms with Crippen molar-refractivity contribution in [1.82, 2.24) is 0 Å². The fourth-order valence-electron chi connectivity index (χ4n) is 2.27. The highest BCUT2D eigenvalue weighted by Crippen LogP contribution is 2.47. The number of carboxylic acid groups (broad SMARTS) is 1. The van der Waals surface area contributed by atoms with Gasteiger partial charge >= 0.3 is 5.97 Å². The molecule has 0 radical (unpaired) electrons. The van der Waals surface area contributed by atoms with E-state index in [-0.39, 0.29) is 22.0 Å². The normalized spacial score (nSPS) is 13.3. The third-order valence-corrected chi connectivity index (χ3v) is 5.33. The minimum absolute atomic E-state index is 0.197. The summed E-state index contributed by atoms with van der Waals surface area (Å²) in [6.07, 6.45) is 0.275. The number of benzene rings is 2. The van der Waals surface area contributed by atoms with Crippen molar-refractivity contribution in [2.75, 3.05) is 0 Å². The summed E-state index contributed by atoms with van der Waals surface area (Å²) in [5.41, 5.74) is 0.391. The van der Waals surface area contributed by atoms with E-state index in [0.717, 1.165) is 11.8 Å². The highest BCUT2D eigenvalue weighted by Gasteiger charge is 2.41. The Bertz CT molecular complexity index is 738. The molecule has 120 valence electrons. The Hall–Kier alpha value is -2.05. The quantitative estimate of drug-likeness (QED) is 0.462. The molecule has 23 heavy (non-hydrogen) atoms. The molecule has 2 aromatic rings. The van der Waals surface area contributed by atoms with E-state index in [0.29, 0.717) is 5.56 Å². The lowest BCUT2D eigenvalue weighted by Gasteiger charge is -2.28. The number of thioether (sulfide) groups is 1. The minimum Gasteiger partial charge on any atom is -0.480 e. The van der Waals surface area contributed by atoms with Crippen LogP contribution in [0.5, 0.6) is 0 Å². The zero-order valence-corrected chi connectivity index (χ0v) is 13.8. The molecule has 1 atom stereocenters. The molecule has 0 heterocycles. The molecule has 0 saturated heterocycles. The van der Waals surface area contributed by atoms with Crippen LogP contribution in [-0.4, -0.2) is 16.0 Å². The molecule has 0 spiro atoms. The van der Waals surface area contributed by atoms with Crippen LogP contribution in [0.15, 0.2) is 53.4 Å². The SMILES string of the molecule is CCC(Sc1ccc(Cl)cc1[N+](=O)[O-])(C(=O)O)c1ccccc1. The van der Waals surface area contributed by atoms with E-state index in [9.17, 15) is 20.0 Å². The summed E-state index contributed by atoms with van der Waals surface area (Å²) in [4.78, 5) is 22.9. The zero-order valence-electron chi connectivity index (χ0n) is 12.2. The standard InChI is InChI=1S/C16H14ClNO4S/c1-2-16(15(19)20,11-6-4-3-5-7-11)23-14-9-8-12(17)10-13(14)18(21)22/h3-10H,2H2,1H3,(H,19,20). The van der Waals surface area contributed by atoms with Crippen LogP contribution in [0, 0.1) is 10.1 Å². The number of hydrogen-bond donors (Lipinski definition) is 1. The molecule has 0 bridgehead atoms. The molecule has 5 nitrogen and oxygen atoms in total. The van der Waals surface area contributed by atoms with E-state index in [1.165, 1.54) is 18.2 Å². The predicted molar refractivity (Wildman–Crippen MR) is 90.0 cm³/mol. The highest BCUT2D eigenvalue weighted by molar-refractivity contribution is 8.01. The Morgan fingerprint density at radius 1 is 1.30 bits per heavy atom. The highest BCUT2D eigenvalue weighted by atomic mass is 35.5. The molecular formula is C16H14ClNO4S. The lowest BCUT2D eigenvalue weighted by Crippen LogP contribution is -2.31. The smallest absolute Gasteiger partial charge is 0.324 e. The second kappa shape index (κ2) is 7.02. The molecule has 2 aromatic carbocycles. The Labute approximate surface area is 142 Å². The molecule has 0 fully saturated rings. The first-order valence-electron chi connectivity index (χ1n) is 6.82. The summed E-state index contributed by atoms with van der Waals surface area (Å²) >= 11 is 6.78. The first kappa shape index (κ1) is 17.3. The van der Waals surface area contributed by atoms with Gasteiger partial charge in [-0.1, -0.05) is 60.6 Å². The van der Waals surface area contributed by atoms with Gasteiger partial charge < -0.3 is 5.11 Å². The van der Waals surface area contributed by atoms with E-state index >= 15 is 0 Å². The second-order valence-corrected chi connectivity index (χ2v) is 6.60. The van der Waals surface area contributed by atoms with Gasteiger partial charge in [0, 0.05) is 11.1 Å². The van der Waals surface area contributed by atoms with Crippen LogP contribution in [0.4, 0.5) is 5.69 Å². The monoisotopic (exact) mass is 351 g/mol. The molecule has 0 aliphatic rings. The summed E-state index contributed by atoms with van der Waals surface area (Å²) < 4.78 is -1.31. The summed E-state index contributed by atoms with van der Waals surface area (Å²) in [5.74, 6) is -1.04. The zero-order chi connectivity index (χ0) is 17.0. The van der Waals surface area contributed by atoms with Gasteiger partial charge in [0.05, 0.1) is 9.82 Å². The summed E-state index contributed by atoms with van der Waals surface area (Å²) in [6.45, 7) is 1.75. The van der Waals surface area contributed by atoms with E-state index in [4.69, 9.17) is 11.6 Å². The third-order valence-electron chi connectivity index (χ3n) is 3.49. The van der Waals surface area contributed by atoms with Crippen molar-refractivity contribution < 1.29 is 14.8 Å². The first-order chi connectivity index (χ1) is 10.9. The molecule has 1 N–H and O–H groups in total. The van der Waals surface area contributed by atoms with Gasteiger partial charge in [0.1, 0.15) is 4.75 Å². The van der Waals surface area contributed by atoms with Gasteiger partial charge in [-0.3, -0.25) is 14.9 Å². The average Bonchev–Trinajstić information content (AvgIpc) is 2.54. The molecule has 2 rings (SSSR count). The first-order valence-corrected chi connectivity index (χ1v) is 8.02. The maximum Gasteiger partial charge on any atom is 0.324 e. The number of carbonyl (C=O) groups is 1. The molecule has 0 aliphatic carbocycles. The van der Waals surface area contributed by atoms with Gasteiger partial charge in [-0.25, -0.2) is 0 Å². The van der Waals surface area contributed by atoms with E-state index in [2.05, 4.69) is 0 Å². The van der Waals surface area contributed by atoms with Crippen molar-refractivity contribution in [1.29, 1.82) is 0 Å². The average molecular weight is 352 g/mol. The van der Waals surface area contributed by atoms with Gasteiger partial charge in [0.2, 0.25) is 0 Å². The number of aliphatic carboxylic acids is 1. The van der Waals surface area contributed by atoms with Crippen molar-refractivity contribution in [3.63, 3.8) is 0 Å². The van der Waals surface area contributed by atoms with Crippen molar-refractivity contribution in [2.45, 2.75) is 23.0 Å². The van der Waals surface area contributed by atoms with Crippen LogP contribution in [0.2, 0.25) is 5.02 Å². The lowest BCUT2D eigenvalue weighted by atomic mass is 9.95. The van der Waals surface area contributed by atoms with Crippen LogP contribution in [-0.2, 0) is 9.54 Å². The maximum absolute atomic E-state index is 12.0. The van der Waals surface area contributed by atoms with Crippen molar-refractivity contribution >= 4 is 35.0 Å². The molecule has 0 amide bonds. The molecule has 7 heteroatoms. The molecule has 0 aromatic heterocycles. The predicted octanol–water partition coefficient (Wildman–Crippen LogP) is 4.73. The van der Waals surface area contributed by atoms with Gasteiger partial charge in [0.15, 0.2) is 0 Å². The molecular weight excluding hydrogens is 338 g/mol. The third kappa shape index (κ3) is 3.48. The van der Waals surface area contributed by atoms with Gasteiger partial charge in [-0.05, 0) is 24.1 Å². The van der Waals surface area contributed by atoms with Crippen LogP contribution < -0.4 is 0 Å². The number of nitro benzene ring substituents is 1. The summed E-state index contributed by atoms with van der Waals surface area (Å²) in [5, 5.41) is 21.3. The number of nitrogens with zero attached hydrogens (tertiary/aromatic N) is 1. The van der Waals surface area contributed by atoms with Crippen LogP contribution in [0.25, 0.3) is 0 Å². The van der Waals surface area contributed by atoms with Gasteiger partial charge in [0.25, 0.3) is 5.69 Å². The van der Waals surface area contributed by atoms with Crippen LogP contribution in [0.3, 0.4) is 0 Å². The fourth-order valence-corrected chi connectivity index (χ4v) is 3.67. The summed E-state index contributed by atoms with van der Waals surface area (Å²) in [7, 11) is 0. The van der Waals surface area contributed by atoms with E-state index in [1.807, 2.05) is 0 Å². The minimum atomic E-state index is -1.31. The number of nitro groups is 1. The molecule has 0 saturated carbocycles. The Morgan fingerprint density at radius 3 is 2.48 bits per heavy atom. The van der Waals surface area contributed by atoms with Crippen molar-refractivity contribution in [3.05, 3.63) is 69.2 Å². The number of hydrogen-bond acceptors (Lipinski definition) is 4. The van der Waals surface area contributed by atoms with E-state index in [1.54, 1.807) is 37.3 Å². The summed E-state index contributed by atoms with van der Waals surface area (Å²) in [6, 6.07) is 13.0. The Kier molecular flexibility index (Phi) is 5.28.